The Labute approximate surface area is 205 Å². The van der Waals surface area contributed by atoms with E-state index in [0.29, 0.717) is 17.8 Å². The molecule has 0 amide bonds. The second-order valence-corrected chi connectivity index (χ2v) is 8.53. The van der Waals surface area contributed by atoms with Crippen LogP contribution >= 0.6 is 0 Å². The smallest absolute Gasteiger partial charge is 0.383 e. The summed E-state index contributed by atoms with van der Waals surface area (Å²) < 4.78 is 52.1. The van der Waals surface area contributed by atoms with Gasteiger partial charge in [-0.3, -0.25) is 4.98 Å². The molecule has 0 radical (unpaired) electrons. The van der Waals surface area contributed by atoms with E-state index in [2.05, 4.69) is 21.8 Å². The zero-order valence-corrected chi connectivity index (χ0v) is 20.6. The number of pyridine rings is 1. The Bertz CT molecular complexity index is 990. The van der Waals surface area contributed by atoms with Crippen LogP contribution in [0.5, 0.6) is 0 Å². The van der Waals surface area contributed by atoms with E-state index < -0.39 is 17.9 Å². The van der Waals surface area contributed by atoms with E-state index in [0.717, 1.165) is 44.0 Å². The predicted octanol–water partition coefficient (Wildman–Crippen LogP) is 7.73. The highest BCUT2D eigenvalue weighted by Gasteiger charge is 2.35. The Kier molecular flexibility index (Phi) is 10.6. The molecule has 0 saturated heterocycles. The van der Waals surface area contributed by atoms with Crippen LogP contribution in [0.15, 0.2) is 43.1 Å². The number of nitrogens with one attached hydrogen (secondary N) is 1. The molecule has 1 saturated carbocycles. The Morgan fingerprint density at radius 3 is 2.46 bits per heavy atom. The lowest BCUT2D eigenvalue weighted by Crippen LogP contribution is -2.37. The maximum atomic E-state index is 14.0. The quantitative estimate of drug-likeness (QED) is 0.304. The van der Waals surface area contributed by atoms with E-state index in [4.69, 9.17) is 0 Å². The van der Waals surface area contributed by atoms with Crippen molar-refractivity contribution in [1.29, 1.82) is 5.26 Å². The fourth-order valence-corrected chi connectivity index (χ4v) is 4.05. The van der Waals surface area contributed by atoms with Gasteiger partial charge in [0.1, 0.15) is 5.82 Å². The van der Waals surface area contributed by atoms with Crippen molar-refractivity contribution in [3.05, 3.63) is 60.2 Å². The average Bonchev–Trinajstić information content (AvgIpc) is 2.87. The Hall–Kier alpha value is -3.08. The molecular weight excluding hydrogens is 456 g/mol. The van der Waals surface area contributed by atoms with E-state index in [-0.39, 0.29) is 18.2 Å². The summed E-state index contributed by atoms with van der Waals surface area (Å²) in [5, 5.41) is 12.2. The minimum absolute atomic E-state index is 0.191. The monoisotopic (exact) mass is 490 g/mol. The second kappa shape index (κ2) is 13.1. The fraction of sp³-hybridized carbons (Fsp3) is 0.481. The van der Waals surface area contributed by atoms with Gasteiger partial charge in [-0.1, -0.05) is 46.6 Å². The van der Waals surface area contributed by atoms with Gasteiger partial charge in [-0.25, -0.2) is 4.39 Å². The topological polar surface area (TPSA) is 52.0 Å². The van der Waals surface area contributed by atoms with E-state index >= 15 is 0 Å². The number of nitriles is 1. The lowest BCUT2D eigenvalue weighted by Gasteiger charge is -2.37. The van der Waals surface area contributed by atoms with Crippen molar-refractivity contribution in [1.82, 2.24) is 4.98 Å². The van der Waals surface area contributed by atoms with Crippen LogP contribution in [-0.2, 0) is 6.54 Å². The van der Waals surface area contributed by atoms with E-state index in [1.54, 1.807) is 18.2 Å². The summed E-state index contributed by atoms with van der Waals surface area (Å²) in [5.74, 6) is -1.90. The zero-order chi connectivity index (χ0) is 26.0. The van der Waals surface area contributed by atoms with Crippen LogP contribution in [0.25, 0.3) is 5.57 Å². The molecule has 0 unspecified atom stereocenters. The summed E-state index contributed by atoms with van der Waals surface area (Å²) in [7, 11) is 0. The number of halogens is 4. The Balaban J connectivity index is 0.00000210. The number of aromatic nitrogens is 1. The average molecular weight is 491 g/mol. The minimum atomic E-state index is -4.25. The van der Waals surface area contributed by atoms with Crippen molar-refractivity contribution in [3.8, 4) is 6.07 Å². The van der Waals surface area contributed by atoms with Crippen LogP contribution in [0.3, 0.4) is 0 Å². The van der Waals surface area contributed by atoms with Gasteiger partial charge in [0.2, 0.25) is 0 Å². The molecule has 1 aliphatic rings. The van der Waals surface area contributed by atoms with Gasteiger partial charge in [-0.15, -0.1) is 0 Å². The van der Waals surface area contributed by atoms with Crippen molar-refractivity contribution in [3.63, 3.8) is 0 Å². The zero-order valence-electron chi connectivity index (χ0n) is 20.6. The van der Waals surface area contributed by atoms with Gasteiger partial charge in [-0.05, 0) is 43.2 Å². The number of allylic oxidation sites excluding steroid dienone is 1. The van der Waals surface area contributed by atoms with Crippen LogP contribution in [0.4, 0.5) is 28.9 Å². The van der Waals surface area contributed by atoms with Gasteiger partial charge < -0.3 is 10.2 Å². The molecule has 8 heteroatoms. The molecule has 0 bridgehead atoms. The molecular formula is C27H34F4N4. The highest BCUT2D eigenvalue weighted by atomic mass is 19.4. The van der Waals surface area contributed by atoms with Crippen LogP contribution in [0, 0.1) is 23.1 Å². The summed E-state index contributed by atoms with van der Waals surface area (Å²) in [4.78, 5) is 6.59. The molecule has 1 atom stereocenters. The molecule has 35 heavy (non-hydrogen) atoms. The highest BCUT2D eigenvalue weighted by Crippen LogP contribution is 2.34. The number of hydrogen-bond donors (Lipinski definition) is 1. The molecule has 190 valence electrons. The summed E-state index contributed by atoms with van der Waals surface area (Å²) in [6, 6.07) is 10.1. The molecule has 3 rings (SSSR count). The van der Waals surface area contributed by atoms with Crippen molar-refractivity contribution in [2.45, 2.75) is 71.6 Å². The Morgan fingerprint density at radius 1 is 1.20 bits per heavy atom. The number of hydrogen-bond acceptors (Lipinski definition) is 4. The van der Waals surface area contributed by atoms with E-state index in [1.165, 1.54) is 24.8 Å². The fourth-order valence-electron chi connectivity index (χ4n) is 4.05. The molecule has 1 heterocycles. The molecule has 1 aliphatic carbocycles. The maximum Gasteiger partial charge on any atom is 0.393 e. The van der Waals surface area contributed by atoms with Crippen LogP contribution in [0.2, 0.25) is 0 Å². The first-order valence-corrected chi connectivity index (χ1v) is 12.1. The first-order valence-electron chi connectivity index (χ1n) is 12.1. The molecule has 1 N–H and O–H groups in total. The van der Waals surface area contributed by atoms with Gasteiger partial charge in [0.05, 0.1) is 41.7 Å². The predicted molar refractivity (Wildman–Crippen MR) is 133 cm³/mol. The van der Waals surface area contributed by atoms with Crippen molar-refractivity contribution >= 4 is 16.9 Å². The van der Waals surface area contributed by atoms with Gasteiger partial charge in [0.25, 0.3) is 0 Å². The molecule has 0 aliphatic heterocycles. The summed E-state index contributed by atoms with van der Waals surface area (Å²) >= 11 is 0. The van der Waals surface area contributed by atoms with Crippen molar-refractivity contribution in [2.75, 3.05) is 16.8 Å². The first-order chi connectivity index (χ1) is 16.7. The molecule has 0 spiro atoms. The lowest BCUT2D eigenvalue weighted by molar-refractivity contribution is -0.165. The number of alkyl halides is 3. The first kappa shape index (κ1) is 28.2. The van der Waals surface area contributed by atoms with Gasteiger partial charge in [0, 0.05) is 23.8 Å². The maximum absolute atomic E-state index is 14.0. The largest absolute Gasteiger partial charge is 0.393 e. The SMILES string of the molecule is C=C(C#N)c1cc(F)ccc1N(Cc1ccc(NC[C@H](C)C(F)(F)F)cn1)C1CCCCC1.CC. The molecule has 1 aromatic carbocycles. The molecule has 1 fully saturated rings. The lowest BCUT2D eigenvalue weighted by atomic mass is 9.92. The number of rotatable bonds is 8. The second-order valence-electron chi connectivity index (χ2n) is 8.53. The number of nitrogens with zero attached hydrogens (tertiary/aromatic N) is 3. The highest BCUT2D eigenvalue weighted by molar-refractivity contribution is 5.83. The van der Waals surface area contributed by atoms with Gasteiger partial charge >= 0.3 is 6.18 Å². The number of anilines is 2. The third-order valence-corrected chi connectivity index (χ3v) is 6.07. The van der Waals surface area contributed by atoms with E-state index in [1.807, 2.05) is 19.9 Å². The molecule has 4 nitrogen and oxygen atoms in total. The minimum Gasteiger partial charge on any atom is -0.383 e. The Morgan fingerprint density at radius 2 is 1.89 bits per heavy atom. The summed E-state index contributed by atoms with van der Waals surface area (Å²) in [6.07, 6.45) is 2.57. The van der Waals surface area contributed by atoms with E-state index in [9.17, 15) is 22.8 Å². The molecule has 1 aromatic heterocycles. The normalized spacial score (nSPS) is 14.8. The number of benzene rings is 1. The summed E-state index contributed by atoms with van der Waals surface area (Å²) in [5.41, 5.74) is 2.63. The van der Waals surface area contributed by atoms with Crippen LogP contribution in [0.1, 0.15) is 64.1 Å². The van der Waals surface area contributed by atoms with Gasteiger partial charge in [0.15, 0.2) is 0 Å². The third kappa shape index (κ3) is 7.98. The van der Waals surface area contributed by atoms with Crippen molar-refractivity contribution in [2.24, 2.45) is 5.92 Å². The standard InChI is InChI=1S/C25H28F4N4.C2H6/c1-17(13-30)23-12-19(26)8-11-24(23)33(22-6-4-3-5-7-22)16-21-10-9-20(15-32-21)31-14-18(2)25(27,28)29;1-2/h8-12,15,18,22,31H,1,3-7,14,16H2,2H3;1-2H3/t18-;/m0./s1. The van der Waals surface area contributed by atoms with Gasteiger partial charge in [-0.2, -0.15) is 18.4 Å². The summed E-state index contributed by atoms with van der Waals surface area (Å²) in [6.45, 7) is 9.12. The van der Waals surface area contributed by atoms with Crippen LogP contribution in [-0.4, -0.2) is 23.7 Å². The third-order valence-electron chi connectivity index (χ3n) is 6.07. The van der Waals surface area contributed by atoms with Crippen molar-refractivity contribution < 1.29 is 17.6 Å². The van der Waals surface area contributed by atoms with Crippen LogP contribution < -0.4 is 10.2 Å². The molecule has 2 aromatic rings.